The van der Waals surface area contributed by atoms with Gasteiger partial charge in [-0.3, -0.25) is 4.79 Å². The Kier molecular flexibility index (Phi) is 3.30. The number of nitrogens with zero attached hydrogens (tertiary/aromatic N) is 1. The standard InChI is InChI=1S/C13H14N2O3S/c1-9-7-11(8-16)10(2)15(9)12-3-5-13(6-4-12)19(14,17)18/h3-8H,1-2H3,(H2,14,17,18). The fraction of sp³-hybridized carbons (Fsp3) is 0.154. The number of rotatable bonds is 3. The highest BCUT2D eigenvalue weighted by atomic mass is 32.2. The lowest BCUT2D eigenvalue weighted by molar-refractivity contribution is 0.112. The number of nitrogens with two attached hydrogens (primary N) is 1. The number of primary sulfonamides is 1. The van der Waals surface area contributed by atoms with Crippen LogP contribution in [-0.2, 0) is 10.0 Å². The van der Waals surface area contributed by atoms with Crippen molar-refractivity contribution in [3.63, 3.8) is 0 Å². The van der Waals surface area contributed by atoms with Crippen molar-refractivity contribution >= 4 is 16.3 Å². The highest BCUT2D eigenvalue weighted by molar-refractivity contribution is 7.89. The molecule has 0 aliphatic heterocycles. The molecular formula is C13H14N2O3S. The number of hydrogen-bond donors (Lipinski definition) is 1. The third-order valence-electron chi connectivity index (χ3n) is 3.02. The van der Waals surface area contributed by atoms with Crippen molar-refractivity contribution in [2.24, 2.45) is 5.14 Å². The van der Waals surface area contributed by atoms with Gasteiger partial charge in [0.25, 0.3) is 0 Å². The topological polar surface area (TPSA) is 82.2 Å². The first-order valence-electron chi connectivity index (χ1n) is 5.62. The maximum absolute atomic E-state index is 11.2. The number of carbonyl (C=O) groups is 1. The van der Waals surface area contributed by atoms with Gasteiger partial charge >= 0.3 is 0 Å². The second-order valence-electron chi connectivity index (χ2n) is 4.32. The number of hydrogen-bond acceptors (Lipinski definition) is 3. The van der Waals surface area contributed by atoms with Gasteiger partial charge in [-0.1, -0.05) is 0 Å². The van der Waals surface area contributed by atoms with Crippen molar-refractivity contribution in [2.45, 2.75) is 18.7 Å². The summed E-state index contributed by atoms with van der Waals surface area (Å²) in [6.45, 7) is 3.72. The average molecular weight is 278 g/mol. The van der Waals surface area contributed by atoms with E-state index in [0.29, 0.717) is 5.56 Å². The number of aryl methyl sites for hydroxylation is 1. The first-order chi connectivity index (χ1) is 8.84. The van der Waals surface area contributed by atoms with Crippen LogP contribution in [-0.4, -0.2) is 19.3 Å². The van der Waals surface area contributed by atoms with Crippen LogP contribution in [0.2, 0.25) is 0 Å². The summed E-state index contributed by atoms with van der Waals surface area (Å²) in [5, 5.41) is 5.05. The quantitative estimate of drug-likeness (QED) is 0.865. The highest BCUT2D eigenvalue weighted by Crippen LogP contribution is 2.20. The summed E-state index contributed by atoms with van der Waals surface area (Å²) < 4.78 is 24.3. The van der Waals surface area contributed by atoms with Crippen molar-refractivity contribution in [1.82, 2.24) is 4.57 Å². The predicted octanol–water partition coefficient (Wildman–Crippen LogP) is 1.55. The normalized spacial score (nSPS) is 11.5. The zero-order chi connectivity index (χ0) is 14.2. The molecule has 0 saturated heterocycles. The maximum atomic E-state index is 11.2. The molecule has 5 nitrogen and oxygen atoms in total. The second kappa shape index (κ2) is 4.64. The van der Waals surface area contributed by atoms with Gasteiger partial charge in [-0.2, -0.15) is 0 Å². The molecule has 2 N–H and O–H groups in total. The van der Waals surface area contributed by atoms with Crippen LogP contribution in [0, 0.1) is 13.8 Å². The molecule has 0 bridgehead atoms. The third kappa shape index (κ3) is 2.45. The van der Waals surface area contributed by atoms with E-state index in [0.717, 1.165) is 23.4 Å². The van der Waals surface area contributed by atoms with E-state index in [1.807, 2.05) is 18.4 Å². The number of aldehydes is 1. The van der Waals surface area contributed by atoms with Crippen LogP contribution < -0.4 is 5.14 Å². The molecule has 0 amide bonds. The van der Waals surface area contributed by atoms with Gasteiger partial charge in [0.05, 0.1) is 4.90 Å². The number of aromatic nitrogens is 1. The summed E-state index contributed by atoms with van der Waals surface area (Å²) in [5.41, 5.74) is 3.13. The smallest absolute Gasteiger partial charge is 0.238 e. The van der Waals surface area contributed by atoms with Crippen molar-refractivity contribution in [1.29, 1.82) is 0 Å². The lowest BCUT2D eigenvalue weighted by Gasteiger charge is -2.10. The van der Waals surface area contributed by atoms with Crippen molar-refractivity contribution in [3.05, 3.63) is 47.3 Å². The maximum Gasteiger partial charge on any atom is 0.238 e. The zero-order valence-electron chi connectivity index (χ0n) is 10.6. The van der Waals surface area contributed by atoms with Gasteiger partial charge in [-0.15, -0.1) is 0 Å². The third-order valence-corrected chi connectivity index (χ3v) is 3.95. The minimum absolute atomic E-state index is 0.0642. The molecule has 6 heteroatoms. The Morgan fingerprint density at radius 3 is 2.16 bits per heavy atom. The van der Waals surface area contributed by atoms with Crippen LogP contribution in [0.3, 0.4) is 0 Å². The minimum Gasteiger partial charge on any atom is -0.318 e. The minimum atomic E-state index is -3.69. The fourth-order valence-corrected chi connectivity index (χ4v) is 2.60. The van der Waals surface area contributed by atoms with Crippen LogP contribution in [0.4, 0.5) is 0 Å². The summed E-state index contributed by atoms with van der Waals surface area (Å²) in [5.74, 6) is 0. The van der Waals surface area contributed by atoms with Crippen LogP contribution in [0.25, 0.3) is 5.69 Å². The number of sulfonamides is 1. The highest BCUT2D eigenvalue weighted by Gasteiger charge is 2.11. The molecule has 1 aromatic heterocycles. The van der Waals surface area contributed by atoms with E-state index in [1.54, 1.807) is 18.2 Å². The first kappa shape index (κ1) is 13.5. The van der Waals surface area contributed by atoms with Gasteiger partial charge in [0.1, 0.15) is 0 Å². The van der Waals surface area contributed by atoms with Crippen LogP contribution in [0.5, 0.6) is 0 Å². The van der Waals surface area contributed by atoms with E-state index in [1.165, 1.54) is 12.1 Å². The Morgan fingerprint density at radius 2 is 1.74 bits per heavy atom. The summed E-state index contributed by atoms with van der Waals surface area (Å²) in [4.78, 5) is 11.0. The van der Waals surface area contributed by atoms with Gasteiger partial charge in [0, 0.05) is 22.6 Å². The van der Waals surface area contributed by atoms with Crippen molar-refractivity contribution in [2.75, 3.05) is 0 Å². The van der Waals surface area contributed by atoms with Crippen LogP contribution in [0.1, 0.15) is 21.7 Å². The Balaban J connectivity index is 2.55. The Morgan fingerprint density at radius 1 is 1.16 bits per heavy atom. The van der Waals surface area contributed by atoms with Gasteiger partial charge < -0.3 is 4.57 Å². The van der Waals surface area contributed by atoms with Gasteiger partial charge in [0.15, 0.2) is 6.29 Å². The van der Waals surface area contributed by atoms with E-state index in [9.17, 15) is 13.2 Å². The fourth-order valence-electron chi connectivity index (χ4n) is 2.09. The Hall–Kier alpha value is -1.92. The van der Waals surface area contributed by atoms with E-state index in [2.05, 4.69) is 0 Å². The molecule has 0 unspecified atom stereocenters. The zero-order valence-corrected chi connectivity index (χ0v) is 11.4. The predicted molar refractivity (Wildman–Crippen MR) is 72.0 cm³/mol. The number of benzene rings is 1. The summed E-state index contributed by atoms with van der Waals surface area (Å²) >= 11 is 0. The molecule has 19 heavy (non-hydrogen) atoms. The molecule has 1 heterocycles. The van der Waals surface area contributed by atoms with Gasteiger partial charge in [-0.05, 0) is 44.2 Å². The number of carbonyl (C=O) groups excluding carboxylic acids is 1. The second-order valence-corrected chi connectivity index (χ2v) is 5.88. The summed E-state index contributed by atoms with van der Waals surface area (Å²) in [6.07, 6.45) is 0.803. The van der Waals surface area contributed by atoms with Gasteiger partial charge in [0.2, 0.25) is 10.0 Å². The van der Waals surface area contributed by atoms with Crippen molar-refractivity contribution < 1.29 is 13.2 Å². The first-order valence-corrected chi connectivity index (χ1v) is 7.16. The molecule has 0 radical (unpaired) electrons. The lowest BCUT2D eigenvalue weighted by Crippen LogP contribution is -2.12. The monoisotopic (exact) mass is 278 g/mol. The molecular weight excluding hydrogens is 264 g/mol. The molecule has 2 aromatic rings. The van der Waals surface area contributed by atoms with Gasteiger partial charge in [-0.25, -0.2) is 13.6 Å². The molecule has 0 aliphatic carbocycles. The van der Waals surface area contributed by atoms with Crippen LogP contribution in [0.15, 0.2) is 35.2 Å². The average Bonchev–Trinajstić information content (AvgIpc) is 2.63. The molecule has 100 valence electrons. The van der Waals surface area contributed by atoms with E-state index in [4.69, 9.17) is 5.14 Å². The molecule has 0 atom stereocenters. The van der Waals surface area contributed by atoms with E-state index >= 15 is 0 Å². The van der Waals surface area contributed by atoms with Crippen molar-refractivity contribution in [3.8, 4) is 5.69 Å². The largest absolute Gasteiger partial charge is 0.318 e. The molecule has 0 saturated carbocycles. The summed E-state index contributed by atoms with van der Waals surface area (Å²) in [6, 6.07) is 8.01. The molecule has 0 aliphatic rings. The Labute approximate surface area is 111 Å². The summed E-state index contributed by atoms with van der Waals surface area (Å²) in [7, 11) is -3.69. The van der Waals surface area contributed by atoms with Crippen LogP contribution >= 0.6 is 0 Å². The van der Waals surface area contributed by atoms with E-state index in [-0.39, 0.29) is 4.90 Å². The molecule has 2 rings (SSSR count). The SMILES string of the molecule is Cc1cc(C=O)c(C)n1-c1ccc(S(N)(=O)=O)cc1. The molecule has 1 aromatic carbocycles. The molecule has 0 spiro atoms. The lowest BCUT2D eigenvalue weighted by atomic mass is 10.2. The molecule has 0 fully saturated rings. The van der Waals surface area contributed by atoms with E-state index < -0.39 is 10.0 Å². The Bertz CT molecular complexity index is 728.